The lowest BCUT2D eigenvalue weighted by Gasteiger charge is -2.19. The Hall–Kier alpha value is -8.06. The number of rotatable bonds is 3. The number of hydrogen-bond acceptors (Lipinski definition) is 0. The standard InChI is InChI=1S/C64H38/c1-35-28-29-47-54(36(2)32-50-43-24-13-14-25-44(43)55(35)60(47)50)48-30-31-49-62-52(33-39-20-9-10-21-40(39)59(48)62)64-57(38-18-7-4-8-19-38)61-46-27-15-26-45-41-22-11-12-23-42(41)51(58(45)46)34-53(61)56(63(49)64)37-16-5-3-6-17-37/h3-34H,1-2H3. The van der Waals surface area contributed by atoms with Gasteiger partial charge in [-0.3, -0.25) is 0 Å². The first kappa shape index (κ1) is 34.5. The quantitative estimate of drug-likeness (QED) is 0.156. The van der Waals surface area contributed by atoms with Gasteiger partial charge in [0, 0.05) is 0 Å². The second-order valence-electron chi connectivity index (χ2n) is 18.3. The molecule has 1 aliphatic carbocycles. The third-order valence-corrected chi connectivity index (χ3v) is 15.1. The van der Waals surface area contributed by atoms with E-state index in [1.54, 1.807) is 0 Å². The van der Waals surface area contributed by atoms with E-state index in [0.29, 0.717) is 0 Å². The van der Waals surface area contributed by atoms with Crippen LogP contribution in [0, 0.1) is 13.8 Å². The molecule has 0 heteroatoms. The maximum atomic E-state index is 2.54. The molecule has 0 fully saturated rings. The van der Waals surface area contributed by atoms with Gasteiger partial charge in [0.05, 0.1) is 0 Å². The molecule has 0 N–H and O–H groups in total. The fraction of sp³-hybridized carbons (Fsp3) is 0.0312. The summed E-state index contributed by atoms with van der Waals surface area (Å²) in [7, 11) is 0. The highest BCUT2D eigenvalue weighted by molar-refractivity contribution is 6.47. The van der Waals surface area contributed by atoms with Crippen LogP contribution in [0.2, 0.25) is 0 Å². The summed E-state index contributed by atoms with van der Waals surface area (Å²) in [6.07, 6.45) is 0. The van der Waals surface area contributed by atoms with Gasteiger partial charge in [-0.25, -0.2) is 0 Å². The molecule has 0 aliphatic heterocycles. The molecule has 0 heterocycles. The summed E-state index contributed by atoms with van der Waals surface area (Å²) in [6.45, 7) is 4.61. The highest BCUT2D eigenvalue weighted by Crippen LogP contribution is 2.58. The van der Waals surface area contributed by atoms with Crippen molar-refractivity contribution in [2.45, 2.75) is 13.8 Å². The summed E-state index contributed by atoms with van der Waals surface area (Å²) in [4.78, 5) is 0. The summed E-state index contributed by atoms with van der Waals surface area (Å²) in [5.41, 5.74) is 15.8. The van der Waals surface area contributed by atoms with Crippen molar-refractivity contribution < 1.29 is 0 Å². The molecule has 0 radical (unpaired) electrons. The first-order chi connectivity index (χ1) is 31.6. The number of hydrogen-bond donors (Lipinski definition) is 0. The summed E-state index contributed by atoms with van der Waals surface area (Å²) in [5.74, 6) is 0. The van der Waals surface area contributed by atoms with Gasteiger partial charge in [0.15, 0.2) is 0 Å². The minimum absolute atomic E-state index is 1.24. The third-order valence-electron chi connectivity index (χ3n) is 15.1. The number of benzene rings is 12. The van der Waals surface area contributed by atoms with Gasteiger partial charge in [-0.05, 0) is 190 Å². The highest BCUT2D eigenvalue weighted by Gasteiger charge is 2.30. The van der Waals surface area contributed by atoms with Crippen LogP contribution in [0.4, 0.5) is 0 Å². The van der Waals surface area contributed by atoms with E-state index in [0.717, 1.165) is 0 Å². The maximum Gasteiger partial charge on any atom is -0.000697 e. The minimum Gasteiger partial charge on any atom is -0.0622 e. The van der Waals surface area contributed by atoms with Gasteiger partial charge in [-0.2, -0.15) is 0 Å². The molecule has 14 aromatic carbocycles. The van der Waals surface area contributed by atoms with Crippen molar-refractivity contribution in [3.63, 3.8) is 0 Å². The van der Waals surface area contributed by atoms with Crippen LogP contribution in [-0.4, -0.2) is 0 Å². The van der Waals surface area contributed by atoms with Gasteiger partial charge < -0.3 is 0 Å². The zero-order valence-corrected chi connectivity index (χ0v) is 35.5. The molecule has 294 valence electrons. The van der Waals surface area contributed by atoms with Crippen molar-refractivity contribution in [2.24, 2.45) is 0 Å². The molecule has 0 aromatic heterocycles. The van der Waals surface area contributed by atoms with E-state index in [9.17, 15) is 0 Å². The average molecular weight is 807 g/mol. The van der Waals surface area contributed by atoms with Crippen molar-refractivity contribution in [3.05, 3.63) is 205 Å². The van der Waals surface area contributed by atoms with Crippen molar-refractivity contribution in [2.75, 3.05) is 0 Å². The molecule has 0 amide bonds. The Morgan fingerprint density at radius 1 is 0.219 bits per heavy atom. The van der Waals surface area contributed by atoms with Gasteiger partial charge >= 0.3 is 0 Å². The van der Waals surface area contributed by atoms with Crippen molar-refractivity contribution >= 4 is 97.0 Å². The van der Waals surface area contributed by atoms with Crippen LogP contribution in [0.15, 0.2) is 194 Å². The van der Waals surface area contributed by atoms with Crippen LogP contribution in [0.25, 0.3) is 153 Å². The van der Waals surface area contributed by atoms with Gasteiger partial charge in [0.2, 0.25) is 0 Å². The first-order valence-electron chi connectivity index (χ1n) is 22.6. The first-order valence-corrected chi connectivity index (χ1v) is 22.6. The van der Waals surface area contributed by atoms with Crippen LogP contribution < -0.4 is 0 Å². The predicted octanol–water partition coefficient (Wildman–Crippen LogP) is 18.2. The Balaban J connectivity index is 1.20. The molecule has 14 aromatic rings. The second-order valence-corrected chi connectivity index (χ2v) is 18.3. The topological polar surface area (TPSA) is 0 Å². The molecule has 0 nitrogen and oxygen atoms in total. The Morgan fingerprint density at radius 2 is 0.828 bits per heavy atom. The SMILES string of the molecule is Cc1cc2c3c(c(C)ccc3c1-c1ccc3c4c(-c5ccccc5)c5cc6c7ccccc7c7cccc(c5c(-c5ccccc5)c4c4cc5ccccc5c1c34)c76)-c1ccccc1-2. The van der Waals surface area contributed by atoms with Gasteiger partial charge in [0.25, 0.3) is 0 Å². The molecule has 0 saturated carbocycles. The minimum atomic E-state index is 1.24. The fourth-order valence-corrected chi connectivity index (χ4v) is 12.7. The number of fused-ring (bicyclic) bond motifs is 13. The van der Waals surface area contributed by atoms with E-state index in [2.05, 4.69) is 208 Å². The summed E-state index contributed by atoms with van der Waals surface area (Å²) in [5, 5.41) is 23.8. The van der Waals surface area contributed by atoms with Crippen LogP contribution in [0.1, 0.15) is 11.1 Å². The van der Waals surface area contributed by atoms with Crippen molar-refractivity contribution in [3.8, 4) is 55.6 Å². The lowest BCUT2D eigenvalue weighted by Crippen LogP contribution is -1.92. The monoisotopic (exact) mass is 806 g/mol. The van der Waals surface area contributed by atoms with Crippen LogP contribution in [0.3, 0.4) is 0 Å². The molecule has 1 aliphatic rings. The Bertz CT molecular complexity index is 4340. The van der Waals surface area contributed by atoms with E-state index in [1.165, 1.54) is 164 Å². The van der Waals surface area contributed by atoms with Gasteiger partial charge in [-0.15, -0.1) is 0 Å². The van der Waals surface area contributed by atoms with E-state index in [-0.39, 0.29) is 0 Å². The molecule has 0 spiro atoms. The van der Waals surface area contributed by atoms with E-state index < -0.39 is 0 Å². The van der Waals surface area contributed by atoms with Gasteiger partial charge in [0.1, 0.15) is 0 Å². The predicted molar refractivity (Wildman–Crippen MR) is 277 cm³/mol. The molecule has 0 bridgehead atoms. The Kier molecular flexibility index (Phi) is 6.64. The lowest BCUT2D eigenvalue weighted by molar-refractivity contribution is 1.48. The molecular formula is C64H38. The fourth-order valence-electron chi connectivity index (χ4n) is 12.7. The smallest absolute Gasteiger partial charge is 0.000697 e. The molecular weight excluding hydrogens is 769 g/mol. The largest absolute Gasteiger partial charge is 0.0622 e. The average Bonchev–Trinajstić information content (AvgIpc) is 3.97. The Morgan fingerprint density at radius 3 is 1.62 bits per heavy atom. The van der Waals surface area contributed by atoms with E-state index in [4.69, 9.17) is 0 Å². The van der Waals surface area contributed by atoms with Gasteiger partial charge in [-0.1, -0.05) is 182 Å². The molecule has 0 unspecified atom stereocenters. The van der Waals surface area contributed by atoms with Crippen LogP contribution in [-0.2, 0) is 0 Å². The zero-order valence-electron chi connectivity index (χ0n) is 35.5. The third kappa shape index (κ3) is 4.23. The molecule has 64 heavy (non-hydrogen) atoms. The summed E-state index contributed by atoms with van der Waals surface area (Å²) >= 11 is 0. The summed E-state index contributed by atoms with van der Waals surface area (Å²) < 4.78 is 0. The summed E-state index contributed by atoms with van der Waals surface area (Å²) in [6, 6.07) is 73.8. The maximum absolute atomic E-state index is 2.54. The van der Waals surface area contributed by atoms with Crippen molar-refractivity contribution in [1.82, 2.24) is 0 Å². The highest BCUT2D eigenvalue weighted by atomic mass is 14.3. The van der Waals surface area contributed by atoms with E-state index in [1.807, 2.05) is 0 Å². The van der Waals surface area contributed by atoms with Crippen molar-refractivity contribution in [1.29, 1.82) is 0 Å². The lowest BCUT2D eigenvalue weighted by atomic mass is 9.84. The molecule has 0 saturated heterocycles. The van der Waals surface area contributed by atoms with Crippen LogP contribution in [0.5, 0.6) is 0 Å². The number of aryl methyl sites for hydroxylation is 2. The normalized spacial score (nSPS) is 12.5. The van der Waals surface area contributed by atoms with E-state index >= 15 is 0 Å². The zero-order chi connectivity index (χ0) is 41.9. The van der Waals surface area contributed by atoms with Crippen LogP contribution >= 0.6 is 0 Å². The Labute approximate surface area is 369 Å². The molecule has 15 rings (SSSR count). The molecule has 0 atom stereocenters. The second kappa shape index (κ2) is 12.3.